The molecule has 3 N–H and O–H groups in total. The molecule has 10 heavy (non-hydrogen) atoms. The highest BCUT2D eigenvalue weighted by atomic mass is 79.9. The molecule has 0 saturated heterocycles. The second-order valence-electron chi connectivity index (χ2n) is 1.74. The summed E-state index contributed by atoms with van der Waals surface area (Å²) in [5, 5.41) is 0. The van der Waals surface area contributed by atoms with Gasteiger partial charge >= 0.3 is 0 Å². The van der Waals surface area contributed by atoms with Gasteiger partial charge in [-0.1, -0.05) is 6.07 Å². The van der Waals surface area contributed by atoms with Crippen molar-refractivity contribution in [1.29, 1.82) is 0 Å². The highest BCUT2D eigenvalue weighted by Gasteiger charge is 1.85. The first kappa shape index (κ1) is 9.39. The molecule has 1 aromatic heterocycles. The van der Waals surface area contributed by atoms with Crippen molar-refractivity contribution in [3.8, 4) is 0 Å². The van der Waals surface area contributed by atoms with Crippen molar-refractivity contribution in [3.05, 3.63) is 34.2 Å². The molecule has 0 spiro atoms. The van der Waals surface area contributed by atoms with Crippen LogP contribution in [0, 0.1) is 0 Å². The molecule has 0 fully saturated rings. The summed E-state index contributed by atoms with van der Waals surface area (Å²) in [4.78, 5) is 13.1. The van der Waals surface area contributed by atoms with E-state index in [1.54, 1.807) is 12.1 Å². The molecule has 0 atom stereocenters. The fraction of sp³-hybridized carbons (Fsp3) is 0.167. The lowest BCUT2D eigenvalue weighted by molar-refractivity contribution is 0.973. The number of H-pyrrole nitrogens is 1. The van der Waals surface area contributed by atoms with E-state index in [-0.39, 0.29) is 22.5 Å². The molecule has 56 valence electrons. The average Bonchev–Trinajstić information content (AvgIpc) is 1.88. The molecule has 4 heteroatoms. The number of nitrogens with two attached hydrogens (primary N) is 1. The fourth-order valence-electron chi connectivity index (χ4n) is 0.612. The molecule has 0 saturated carbocycles. The minimum absolute atomic E-state index is 0. The molecule has 0 bridgehead atoms. The number of pyridine rings is 1. The predicted octanol–water partition coefficient (Wildman–Crippen LogP) is 0.411. The highest BCUT2D eigenvalue weighted by Crippen LogP contribution is 1.84. The molecule has 1 aromatic rings. The van der Waals surface area contributed by atoms with Crippen LogP contribution < -0.4 is 11.3 Å². The number of aromatic nitrogens is 1. The van der Waals surface area contributed by atoms with Gasteiger partial charge in [0.2, 0.25) is 5.56 Å². The van der Waals surface area contributed by atoms with Crippen molar-refractivity contribution in [3.63, 3.8) is 0 Å². The third kappa shape index (κ3) is 2.33. The van der Waals surface area contributed by atoms with E-state index in [1.807, 2.05) is 0 Å². The molecule has 3 nitrogen and oxygen atoms in total. The predicted molar refractivity (Wildman–Crippen MR) is 45.3 cm³/mol. The van der Waals surface area contributed by atoms with E-state index in [2.05, 4.69) is 4.98 Å². The standard InChI is InChI=1S/C6H8N2O.BrH/c7-4-5-2-1-3-6(9)8-5;/h1-3H,4,7H2,(H,8,9);1H. The number of rotatable bonds is 1. The van der Waals surface area contributed by atoms with Gasteiger partial charge in [-0.25, -0.2) is 0 Å². The quantitative estimate of drug-likeness (QED) is 0.697. The maximum absolute atomic E-state index is 10.5. The molecule has 1 heterocycles. The smallest absolute Gasteiger partial charge is 0.248 e. The molecule has 0 radical (unpaired) electrons. The molecule has 1 rings (SSSR count). The summed E-state index contributed by atoms with van der Waals surface area (Å²) in [5.74, 6) is 0. The Kier molecular flexibility index (Phi) is 3.99. The van der Waals surface area contributed by atoms with Crippen molar-refractivity contribution in [2.75, 3.05) is 0 Å². The second kappa shape index (κ2) is 4.24. The Morgan fingerprint density at radius 3 is 2.60 bits per heavy atom. The van der Waals surface area contributed by atoms with Crippen molar-refractivity contribution < 1.29 is 0 Å². The first-order valence-corrected chi connectivity index (χ1v) is 2.71. The van der Waals surface area contributed by atoms with Gasteiger partial charge in [0.25, 0.3) is 0 Å². The van der Waals surface area contributed by atoms with Crippen molar-refractivity contribution >= 4 is 17.0 Å². The zero-order chi connectivity index (χ0) is 6.69. The molecular formula is C6H9BrN2O. The van der Waals surface area contributed by atoms with Crippen LogP contribution in [0.4, 0.5) is 0 Å². The molecule has 0 aliphatic rings. The van der Waals surface area contributed by atoms with Gasteiger partial charge in [-0.15, -0.1) is 17.0 Å². The van der Waals surface area contributed by atoms with Crippen LogP contribution in [0.2, 0.25) is 0 Å². The van der Waals surface area contributed by atoms with E-state index in [1.165, 1.54) is 6.07 Å². The number of hydrogen-bond acceptors (Lipinski definition) is 2. The van der Waals surface area contributed by atoms with Gasteiger partial charge in [-0.3, -0.25) is 4.79 Å². The second-order valence-corrected chi connectivity index (χ2v) is 1.74. The minimum Gasteiger partial charge on any atom is -0.325 e. The molecule has 0 aliphatic carbocycles. The van der Waals surface area contributed by atoms with Crippen LogP contribution in [0.1, 0.15) is 5.69 Å². The third-order valence-corrected chi connectivity index (χ3v) is 1.05. The number of nitrogens with one attached hydrogen (secondary N) is 1. The summed E-state index contributed by atoms with van der Waals surface area (Å²) in [5.41, 5.74) is 5.92. The molecular weight excluding hydrogens is 196 g/mol. The topological polar surface area (TPSA) is 58.9 Å². The lowest BCUT2D eigenvalue weighted by Gasteiger charge is -1.91. The lowest BCUT2D eigenvalue weighted by atomic mass is 10.4. The Balaban J connectivity index is 0.000000810. The van der Waals surface area contributed by atoms with E-state index >= 15 is 0 Å². The zero-order valence-corrected chi connectivity index (χ0v) is 7.05. The van der Waals surface area contributed by atoms with E-state index in [9.17, 15) is 4.79 Å². The van der Waals surface area contributed by atoms with Crippen molar-refractivity contribution in [1.82, 2.24) is 4.98 Å². The Hall–Kier alpha value is -0.610. The van der Waals surface area contributed by atoms with E-state index in [4.69, 9.17) is 5.73 Å². The van der Waals surface area contributed by atoms with Crippen molar-refractivity contribution in [2.45, 2.75) is 6.54 Å². The van der Waals surface area contributed by atoms with E-state index < -0.39 is 0 Å². The summed E-state index contributed by atoms with van der Waals surface area (Å²) >= 11 is 0. The van der Waals surface area contributed by atoms with Crippen LogP contribution in [0.15, 0.2) is 23.0 Å². The third-order valence-electron chi connectivity index (χ3n) is 1.05. The first-order chi connectivity index (χ1) is 4.33. The molecule has 0 aromatic carbocycles. The zero-order valence-electron chi connectivity index (χ0n) is 5.33. The monoisotopic (exact) mass is 204 g/mol. The van der Waals surface area contributed by atoms with Gasteiger partial charge in [0.15, 0.2) is 0 Å². The molecule has 0 aliphatic heterocycles. The Morgan fingerprint density at radius 2 is 2.20 bits per heavy atom. The number of hydrogen-bond donors (Lipinski definition) is 2. The van der Waals surface area contributed by atoms with Crippen LogP contribution in [0.5, 0.6) is 0 Å². The summed E-state index contributed by atoms with van der Waals surface area (Å²) in [6, 6.07) is 4.92. The highest BCUT2D eigenvalue weighted by molar-refractivity contribution is 8.93. The van der Waals surface area contributed by atoms with E-state index in [0.717, 1.165) is 5.69 Å². The summed E-state index contributed by atoms with van der Waals surface area (Å²) < 4.78 is 0. The van der Waals surface area contributed by atoms with Gasteiger partial charge in [0, 0.05) is 18.3 Å². The molecule has 0 unspecified atom stereocenters. The summed E-state index contributed by atoms with van der Waals surface area (Å²) in [6.07, 6.45) is 0. The largest absolute Gasteiger partial charge is 0.325 e. The Bertz CT molecular complexity index is 246. The average molecular weight is 205 g/mol. The Morgan fingerprint density at radius 1 is 1.50 bits per heavy atom. The summed E-state index contributed by atoms with van der Waals surface area (Å²) in [7, 11) is 0. The maximum Gasteiger partial charge on any atom is 0.248 e. The normalized spacial score (nSPS) is 8.50. The fourth-order valence-corrected chi connectivity index (χ4v) is 0.612. The van der Waals surface area contributed by atoms with Crippen LogP contribution in [-0.4, -0.2) is 4.98 Å². The Labute approximate surface area is 69.0 Å². The van der Waals surface area contributed by atoms with Crippen LogP contribution in [0.25, 0.3) is 0 Å². The SMILES string of the molecule is Br.NCc1cccc(=O)[nH]1. The van der Waals surface area contributed by atoms with E-state index in [0.29, 0.717) is 6.54 Å². The van der Waals surface area contributed by atoms with Gasteiger partial charge in [-0.05, 0) is 6.07 Å². The molecule has 0 amide bonds. The van der Waals surface area contributed by atoms with Gasteiger partial charge in [0.05, 0.1) is 0 Å². The lowest BCUT2D eigenvalue weighted by Crippen LogP contribution is -2.09. The number of aromatic amines is 1. The van der Waals surface area contributed by atoms with Crippen LogP contribution in [-0.2, 0) is 6.54 Å². The number of halogens is 1. The van der Waals surface area contributed by atoms with Gasteiger partial charge in [0.1, 0.15) is 0 Å². The summed E-state index contributed by atoms with van der Waals surface area (Å²) in [6.45, 7) is 0.385. The first-order valence-electron chi connectivity index (χ1n) is 2.71. The van der Waals surface area contributed by atoms with Crippen LogP contribution in [0.3, 0.4) is 0 Å². The van der Waals surface area contributed by atoms with Crippen LogP contribution >= 0.6 is 17.0 Å². The van der Waals surface area contributed by atoms with Crippen molar-refractivity contribution in [2.24, 2.45) is 5.73 Å². The maximum atomic E-state index is 10.5. The van der Waals surface area contributed by atoms with Gasteiger partial charge < -0.3 is 10.7 Å². The minimum atomic E-state index is -0.0991. The van der Waals surface area contributed by atoms with Gasteiger partial charge in [-0.2, -0.15) is 0 Å².